The van der Waals surface area contributed by atoms with Gasteiger partial charge in [-0.15, -0.1) is 0 Å². The van der Waals surface area contributed by atoms with Gasteiger partial charge in [0.15, 0.2) is 0 Å². The Morgan fingerprint density at radius 2 is 1.73 bits per heavy atom. The van der Waals surface area contributed by atoms with Crippen LogP contribution < -0.4 is 15.4 Å². The number of para-hydroxylation sites is 1. The monoisotopic (exact) mass is 347 g/mol. The lowest BCUT2D eigenvalue weighted by atomic mass is 10.1. The average molecular weight is 347 g/mol. The van der Waals surface area contributed by atoms with Crippen LogP contribution in [0.1, 0.15) is 16.1 Å². The lowest BCUT2D eigenvalue weighted by molar-refractivity contribution is 0.102. The van der Waals surface area contributed by atoms with E-state index < -0.39 is 0 Å². The molecule has 1 heterocycles. The van der Waals surface area contributed by atoms with Gasteiger partial charge in [0, 0.05) is 12.2 Å². The fourth-order valence-corrected chi connectivity index (χ4v) is 2.49. The van der Waals surface area contributed by atoms with Crippen LogP contribution in [0.5, 0.6) is 5.75 Å². The molecule has 5 heteroatoms. The first kappa shape index (κ1) is 17.5. The summed E-state index contributed by atoms with van der Waals surface area (Å²) in [7, 11) is 1.66. The van der Waals surface area contributed by atoms with Crippen molar-refractivity contribution in [1.82, 2.24) is 4.98 Å². The number of carbonyl (C=O) groups excluding carboxylic acids is 1. The van der Waals surface area contributed by atoms with E-state index in [9.17, 15) is 4.79 Å². The van der Waals surface area contributed by atoms with E-state index >= 15 is 0 Å². The summed E-state index contributed by atoms with van der Waals surface area (Å²) < 4.78 is 5.15. The number of nitrogens with one attached hydrogen (secondary N) is 2. The standard InChI is InChI=1S/C21H21N3O2/c1-26-19-10-7-16(8-11-19)13-14-22-18-9-12-20(23-15-18)21(25)24-17-5-3-2-4-6-17/h2-12,15,22H,13-14H2,1H3,(H,24,25). The van der Waals surface area contributed by atoms with Gasteiger partial charge < -0.3 is 15.4 Å². The van der Waals surface area contributed by atoms with E-state index in [-0.39, 0.29) is 5.91 Å². The second-order valence-corrected chi connectivity index (χ2v) is 5.78. The van der Waals surface area contributed by atoms with E-state index in [4.69, 9.17) is 4.74 Å². The van der Waals surface area contributed by atoms with Gasteiger partial charge in [0.25, 0.3) is 5.91 Å². The topological polar surface area (TPSA) is 63.2 Å². The molecular formula is C21H21N3O2. The Morgan fingerprint density at radius 1 is 0.962 bits per heavy atom. The summed E-state index contributed by atoms with van der Waals surface area (Å²) >= 11 is 0. The quantitative estimate of drug-likeness (QED) is 0.678. The van der Waals surface area contributed by atoms with Gasteiger partial charge in [0.05, 0.1) is 19.0 Å². The highest BCUT2D eigenvalue weighted by Gasteiger charge is 2.07. The highest BCUT2D eigenvalue weighted by Crippen LogP contribution is 2.13. The summed E-state index contributed by atoms with van der Waals surface area (Å²) in [5.41, 5.74) is 3.25. The van der Waals surface area contributed by atoms with Gasteiger partial charge in [-0.05, 0) is 48.4 Å². The highest BCUT2D eigenvalue weighted by atomic mass is 16.5. The Hall–Kier alpha value is -3.34. The molecule has 0 fully saturated rings. The molecule has 1 amide bonds. The first-order chi connectivity index (χ1) is 12.7. The van der Waals surface area contributed by atoms with Crippen LogP contribution in [0.4, 0.5) is 11.4 Å². The van der Waals surface area contributed by atoms with Crippen molar-refractivity contribution in [3.05, 3.63) is 84.2 Å². The second-order valence-electron chi connectivity index (χ2n) is 5.78. The Kier molecular flexibility index (Phi) is 5.83. The average Bonchev–Trinajstić information content (AvgIpc) is 2.70. The summed E-state index contributed by atoms with van der Waals surface area (Å²) in [6.07, 6.45) is 2.56. The van der Waals surface area contributed by atoms with Gasteiger partial charge in [-0.3, -0.25) is 4.79 Å². The largest absolute Gasteiger partial charge is 0.497 e. The minimum Gasteiger partial charge on any atom is -0.497 e. The molecule has 2 N–H and O–H groups in total. The summed E-state index contributed by atoms with van der Waals surface area (Å²) in [5.74, 6) is 0.635. The fourth-order valence-electron chi connectivity index (χ4n) is 2.49. The number of amides is 1. The molecule has 3 aromatic rings. The van der Waals surface area contributed by atoms with Crippen LogP contribution in [0.15, 0.2) is 72.9 Å². The van der Waals surface area contributed by atoms with Crippen molar-refractivity contribution in [2.24, 2.45) is 0 Å². The molecule has 26 heavy (non-hydrogen) atoms. The molecule has 5 nitrogen and oxygen atoms in total. The van der Waals surface area contributed by atoms with Crippen LogP contribution in [0.25, 0.3) is 0 Å². The van der Waals surface area contributed by atoms with Gasteiger partial charge in [0.1, 0.15) is 11.4 Å². The molecular weight excluding hydrogens is 326 g/mol. The molecule has 0 bridgehead atoms. The zero-order chi connectivity index (χ0) is 18.2. The number of hydrogen-bond donors (Lipinski definition) is 2. The Balaban J connectivity index is 1.50. The van der Waals surface area contributed by atoms with Crippen molar-refractivity contribution in [1.29, 1.82) is 0 Å². The molecule has 0 radical (unpaired) electrons. The lowest BCUT2D eigenvalue weighted by Crippen LogP contribution is -2.13. The predicted octanol–water partition coefficient (Wildman–Crippen LogP) is 4.00. The number of ether oxygens (including phenoxy) is 1. The van der Waals surface area contributed by atoms with Crippen molar-refractivity contribution in [3.8, 4) is 5.75 Å². The number of nitrogens with zero attached hydrogens (tertiary/aromatic N) is 1. The number of hydrogen-bond acceptors (Lipinski definition) is 4. The third-order valence-electron chi connectivity index (χ3n) is 3.93. The van der Waals surface area contributed by atoms with Crippen molar-refractivity contribution in [2.45, 2.75) is 6.42 Å². The summed E-state index contributed by atoms with van der Waals surface area (Å²) in [6, 6.07) is 20.9. The minimum absolute atomic E-state index is 0.221. The zero-order valence-corrected chi connectivity index (χ0v) is 14.6. The van der Waals surface area contributed by atoms with Crippen molar-refractivity contribution < 1.29 is 9.53 Å². The number of aromatic nitrogens is 1. The van der Waals surface area contributed by atoms with Gasteiger partial charge in [0.2, 0.25) is 0 Å². The van der Waals surface area contributed by atoms with Crippen LogP contribution in [-0.4, -0.2) is 24.5 Å². The number of carbonyl (C=O) groups is 1. The van der Waals surface area contributed by atoms with Crippen LogP contribution in [-0.2, 0) is 6.42 Å². The third kappa shape index (κ3) is 4.83. The maximum Gasteiger partial charge on any atom is 0.274 e. The molecule has 1 aromatic heterocycles. The first-order valence-corrected chi connectivity index (χ1v) is 8.44. The first-order valence-electron chi connectivity index (χ1n) is 8.44. The Bertz CT molecular complexity index is 831. The van der Waals surface area contributed by atoms with Gasteiger partial charge >= 0.3 is 0 Å². The van der Waals surface area contributed by atoms with E-state index in [1.54, 1.807) is 19.4 Å². The highest BCUT2D eigenvalue weighted by molar-refractivity contribution is 6.02. The van der Waals surface area contributed by atoms with Crippen molar-refractivity contribution in [3.63, 3.8) is 0 Å². The zero-order valence-electron chi connectivity index (χ0n) is 14.6. The third-order valence-corrected chi connectivity index (χ3v) is 3.93. The maximum atomic E-state index is 12.2. The molecule has 2 aromatic carbocycles. The maximum absolute atomic E-state index is 12.2. The van der Waals surface area contributed by atoms with Gasteiger partial charge in [-0.25, -0.2) is 4.98 Å². The number of rotatable bonds is 7. The lowest BCUT2D eigenvalue weighted by Gasteiger charge is -2.08. The predicted molar refractivity (Wildman–Crippen MR) is 104 cm³/mol. The van der Waals surface area contributed by atoms with Crippen molar-refractivity contribution in [2.75, 3.05) is 24.3 Å². The van der Waals surface area contributed by atoms with E-state index in [0.717, 1.165) is 30.1 Å². The molecule has 0 aliphatic rings. The second kappa shape index (κ2) is 8.67. The number of anilines is 2. The fraction of sp³-hybridized carbons (Fsp3) is 0.143. The van der Waals surface area contributed by atoms with Gasteiger partial charge in [-0.1, -0.05) is 30.3 Å². The molecule has 3 rings (SSSR count). The summed E-state index contributed by atoms with van der Waals surface area (Å²) in [5, 5.41) is 6.13. The minimum atomic E-state index is -0.221. The van der Waals surface area contributed by atoms with Crippen LogP contribution in [0, 0.1) is 0 Å². The van der Waals surface area contributed by atoms with Crippen LogP contribution in [0.3, 0.4) is 0 Å². The molecule has 0 saturated carbocycles. The van der Waals surface area contributed by atoms with E-state index in [2.05, 4.69) is 27.8 Å². The van der Waals surface area contributed by atoms with Crippen LogP contribution >= 0.6 is 0 Å². The number of methoxy groups -OCH3 is 1. The van der Waals surface area contributed by atoms with E-state index in [1.165, 1.54) is 5.56 Å². The SMILES string of the molecule is COc1ccc(CCNc2ccc(C(=O)Nc3ccccc3)nc2)cc1. The molecule has 0 aliphatic carbocycles. The summed E-state index contributed by atoms with van der Waals surface area (Å²) in [6.45, 7) is 0.781. The molecule has 132 valence electrons. The van der Waals surface area contributed by atoms with E-state index in [1.807, 2.05) is 48.5 Å². The van der Waals surface area contributed by atoms with Crippen LogP contribution in [0.2, 0.25) is 0 Å². The molecule has 0 unspecified atom stereocenters. The van der Waals surface area contributed by atoms with Gasteiger partial charge in [-0.2, -0.15) is 0 Å². The normalized spacial score (nSPS) is 10.2. The molecule has 0 spiro atoms. The Morgan fingerprint density at radius 3 is 2.38 bits per heavy atom. The van der Waals surface area contributed by atoms with Crippen molar-refractivity contribution >= 4 is 17.3 Å². The summed E-state index contributed by atoms with van der Waals surface area (Å²) in [4.78, 5) is 16.4. The number of pyridine rings is 1. The number of benzene rings is 2. The molecule has 0 aliphatic heterocycles. The molecule has 0 saturated heterocycles. The Labute approximate surface area is 153 Å². The van der Waals surface area contributed by atoms with E-state index in [0.29, 0.717) is 5.69 Å². The smallest absolute Gasteiger partial charge is 0.274 e. The molecule has 0 atom stereocenters.